The van der Waals surface area contributed by atoms with Crippen molar-refractivity contribution in [1.82, 2.24) is 9.97 Å². The summed E-state index contributed by atoms with van der Waals surface area (Å²) in [7, 11) is 0. The molecule has 1 aromatic heterocycles. The number of hydrogen-bond donors (Lipinski definition) is 2. The Kier molecular flexibility index (Phi) is 4.77. The largest absolute Gasteiger partial charge is 0.395 e. The molecule has 0 fully saturated rings. The molecule has 0 aliphatic carbocycles. The highest BCUT2D eigenvalue weighted by atomic mass is 32.1. The van der Waals surface area contributed by atoms with E-state index in [1.165, 1.54) is 0 Å². The number of hydrogen-bond acceptors (Lipinski definition) is 5. The molecule has 0 unspecified atom stereocenters. The van der Waals surface area contributed by atoms with E-state index in [-0.39, 0.29) is 17.6 Å². The summed E-state index contributed by atoms with van der Waals surface area (Å²) in [4.78, 5) is 10.8. The quantitative estimate of drug-likeness (QED) is 0.751. The molecule has 1 rings (SSSR count). The lowest BCUT2D eigenvalue weighted by Crippen LogP contribution is -2.35. The Morgan fingerprint density at radius 1 is 1.53 bits per heavy atom. The molecule has 0 spiro atoms. The fraction of sp³-hybridized carbons (Fsp3) is 0.545. The van der Waals surface area contributed by atoms with Gasteiger partial charge in [0.2, 0.25) is 5.95 Å². The van der Waals surface area contributed by atoms with E-state index in [0.717, 1.165) is 5.69 Å². The van der Waals surface area contributed by atoms with Gasteiger partial charge in [0.25, 0.3) is 0 Å². The van der Waals surface area contributed by atoms with Crippen molar-refractivity contribution in [2.45, 2.75) is 26.8 Å². The van der Waals surface area contributed by atoms with Crippen LogP contribution in [0.25, 0.3) is 0 Å². The minimum atomic E-state index is 0.0535. The highest BCUT2D eigenvalue weighted by Crippen LogP contribution is 2.13. The van der Waals surface area contributed by atoms with E-state index in [2.05, 4.69) is 9.97 Å². The first-order valence-corrected chi connectivity index (χ1v) is 5.89. The van der Waals surface area contributed by atoms with E-state index in [1.54, 1.807) is 6.07 Å². The number of nitrogens with zero attached hydrogens (tertiary/aromatic N) is 3. The van der Waals surface area contributed by atoms with Crippen LogP contribution in [0.4, 0.5) is 5.95 Å². The second-order valence-electron chi connectivity index (χ2n) is 4.07. The molecular formula is C11H18N4OS. The zero-order chi connectivity index (χ0) is 13.0. The maximum atomic E-state index is 9.05. The number of aliphatic hydroxyl groups is 1. The van der Waals surface area contributed by atoms with E-state index in [1.807, 2.05) is 25.7 Å². The van der Waals surface area contributed by atoms with Gasteiger partial charge in [0.15, 0.2) is 0 Å². The van der Waals surface area contributed by atoms with Crippen molar-refractivity contribution in [1.29, 1.82) is 0 Å². The van der Waals surface area contributed by atoms with Gasteiger partial charge in [0, 0.05) is 18.3 Å². The van der Waals surface area contributed by atoms with Gasteiger partial charge >= 0.3 is 0 Å². The SMILES string of the molecule is Cc1cc(C(N)=S)nc(N(CCO)C(C)C)n1. The lowest BCUT2D eigenvalue weighted by Gasteiger charge is -2.26. The van der Waals surface area contributed by atoms with E-state index in [0.29, 0.717) is 18.2 Å². The predicted octanol–water partition coefficient (Wildman–Crippen LogP) is 0.626. The monoisotopic (exact) mass is 254 g/mol. The van der Waals surface area contributed by atoms with E-state index >= 15 is 0 Å². The first-order chi connectivity index (χ1) is 7.95. The Morgan fingerprint density at radius 2 is 2.18 bits per heavy atom. The molecule has 5 nitrogen and oxygen atoms in total. The molecule has 1 heterocycles. The number of thiocarbonyl (C=S) groups is 1. The molecular weight excluding hydrogens is 236 g/mol. The van der Waals surface area contributed by atoms with Crippen LogP contribution in [0.1, 0.15) is 25.2 Å². The Balaban J connectivity index is 3.14. The maximum Gasteiger partial charge on any atom is 0.226 e. The van der Waals surface area contributed by atoms with Crippen molar-refractivity contribution in [3.63, 3.8) is 0 Å². The number of anilines is 1. The summed E-state index contributed by atoms with van der Waals surface area (Å²) in [5.74, 6) is 0.553. The van der Waals surface area contributed by atoms with Crippen LogP contribution in [0.3, 0.4) is 0 Å². The number of aliphatic hydroxyl groups excluding tert-OH is 1. The van der Waals surface area contributed by atoms with Gasteiger partial charge in [0.05, 0.1) is 6.61 Å². The van der Waals surface area contributed by atoms with E-state index < -0.39 is 0 Å². The van der Waals surface area contributed by atoms with Gasteiger partial charge in [-0.15, -0.1) is 0 Å². The molecule has 0 bridgehead atoms. The number of rotatable bonds is 5. The van der Waals surface area contributed by atoms with E-state index in [4.69, 9.17) is 23.1 Å². The lowest BCUT2D eigenvalue weighted by atomic mass is 10.3. The second-order valence-corrected chi connectivity index (χ2v) is 4.51. The van der Waals surface area contributed by atoms with Crippen molar-refractivity contribution in [3.8, 4) is 0 Å². The summed E-state index contributed by atoms with van der Waals surface area (Å²) in [5.41, 5.74) is 6.94. The van der Waals surface area contributed by atoms with Crippen molar-refractivity contribution in [3.05, 3.63) is 17.5 Å². The molecule has 0 aliphatic heterocycles. The first kappa shape index (κ1) is 13.8. The Hall–Kier alpha value is -1.27. The smallest absolute Gasteiger partial charge is 0.226 e. The third kappa shape index (κ3) is 3.61. The van der Waals surface area contributed by atoms with Gasteiger partial charge in [-0.25, -0.2) is 9.97 Å². The summed E-state index contributed by atoms with van der Waals surface area (Å²) in [6, 6.07) is 1.95. The predicted molar refractivity (Wildman–Crippen MR) is 72.2 cm³/mol. The third-order valence-electron chi connectivity index (χ3n) is 2.32. The topological polar surface area (TPSA) is 75.3 Å². The summed E-state index contributed by atoms with van der Waals surface area (Å²) < 4.78 is 0. The van der Waals surface area contributed by atoms with Gasteiger partial charge in [-0.3, -0.25) is 0 Å². The average Bonchev–Trinajstić information content (AvgIpc) is 2.24. The van der Waals surface area contributed by atoms with Crippen LogP contribution in [0, 0.1) is 6.92 Å². The minimum Gasteiger partial charge on any atom is -0.395 e. The number of aromatic nitrogens is 2. The molecule has 0 amide bonds. The molecule has 0 aromatic carbocycles. The van der Waals surface area contributed by atoms with Crippen molar-refractivity contribution >= 4 is 23.2 Å². The van der Waals surface area contributed by atoms with Crippen LogP contribution in [0.5, 0.6) is 0 Å². The molecule has 17 heavy (non-hydrogen) atoms. The maximum absolute atomic E-state index is 9.05. The van der Waals surface area contributed by atoms with Gasteiger partial charge in [-0.05, 0) is 26.8 Å². The molecule has 94 valence electrons. The van der Waals surface area contributed by atoms with Crippen LogP contribution >= 0.6 is 12.2 Å². The molecule has 1 aromatic rings. The second kappa shape index (κ2) is 5.88. The third-order valence-corrected chi connectivity index (χ3v) is 2.53. The van der Waals surface area contributed by atoms with Gasteiger partial charge < -0.3 is 15.7 Å². The average molecular weight is 254 g/mol. The van der Waals surface area contributed by atoms with Gasteiger partial charge in [-0.1, -0.05) is 12.2 Å². The van der Waals surface area contributed by atoms with Gasteiger partial charge in [-0.2, -0.15) is 0 Å². The van der Waals surface area contributed by atoms with Crippen molar-refractivity contribution < 1.29 is 5.11 Å². The fourth-order valence-corrected chi connectivity index (χ4v) is 1.61. The normalized spacial score (nSPS) is 10.6. The zero-order valence-electron chi connectivity index (χ0n) is 10.3. The standard InChI is InChI=1S/C11H18N4OS/c1-7(2)15(4-5-16)11-13-8(3)6-9(14-11)10(12)17/h6-7,16H,4-5H2,1-3H3,(H2,12,17). The molecule has 0 radical (unpaired) electrons. The highest BCUT2D eigenvalue weighted by molar-refractivity contribution is 7.80. The van der Waals surface area contributed by atoms with Crippen LogP contribution in [0.2, 0.25) is 0 Å². The number of nitrogens with two attached hydrogens (primary N) is 1. The molecule has 0 atom stereocenters. The van der Waals surface area contributed by atoms with Crippen LogP contribution in [-0.2, 0) is 0 Å². The fourth-order valence-electron chi connectivity index (χ4n) is 1.50. The van der Waals surface area contributed by atoms with Gasteiger partial charge in [0.1, 0.15) is 10.7 Å². The van der Waals surface area contributed by atoms with E-state index in [9.17, 15) is 0 Å². The van der Waals surface area contributed by atoms with Crippen LogP contribution < -0.4 is 10.6 Å². The Bertz CT molecular complexity index is 408. The zero-order valence-corrected chi connectivity index (χ0v) is 11.2. The highest BCUT2D eigenvalue weighted by Gasteiger charge is 2.14. The minimum absolute atomic E-state index is 0.0535. The first-order valence-electron chi connectivity index (χ1n) is 5.48. The molecule has 0 saturated heterocycles. The van der Waals surface area contributed by atoms with Crippen molar-refractivity contribution in [2.75, 3.05) is 18.1 Å². The Labute approximate surface area is 107 Å². The Morgan fingerprint density at radius 3 is 2.65 bits per heavy atom. The molecule has 3 N–H and O–H groups in total. The summed E-state index contributed by atoms with van der Waals surface area (Å²) >= 11 is 4.92. The summed E-state index contributed by atoms with van der Waals surface area (Å²) in [6.07, 6.45) is 0. The summed E-state index contributed by atoms with van der Waals surface area (Å²) in [6.45, 7) is 6.43. The molecule has 0 aliphatic rings. The van der Waals surface area contributed by atoms with Crippen LogP contribution in [-0.4, -0.2) is 39.3 Å². The summed E-state index contributed by atoms with van der Waals surface area (Å²) in [5, 5.41) is 9.05. The van der Waals surface area contributed by atoms with Crippen LogP contribution in [0.15, 0.2) is 6.07 Å². The lowest BCUT2D eigenvalue weighted by molar-refractivity contribution is 0.298. The van der Waals surface area contributed by atoms with Crippen molar-refractivity contribution in [2.24, 2.45) is 5.73 Å². The molecule has 0 saturated carbocycles. The number of aryl methyl sites for hydroxylation is 1. The molecule has 6 heteroatoms.